The quantitative estimate of drug-likeness (QED) is 0.491. The Balaban J connectivity index is 1.10. The van der Waals surface area contributed by atoms with Crippen molar-refractivity contribution in [1.82, 2.24) is 24.9 Å². The number of hydrogen-bond donors (Lipinski definition) is 0. The number of halogens is 1. The van der Waals surface area contributed by atoms with Gasteiger partial charge in [0.1, 0.15) is 12.4 Å². The summed E-state index contributed by atoms with van der Waals surface area (Å²) in [6.45, 7) is 1.98. The maximum atomic E-state index is 13.5. The summed E-state index contributed by atoms with van der Waals surface area (Å²) in [5.41, 5.74) is 1.26. The Morgan fingerprint density at radius 2 is 2.03 bits per heavy atom. The van der Waals surface area contributed by atoms with E-state index < -0.39 is 0 Å². The smallest absolute Gasteiger partial charge is 0.276 e. The molecule has 1 aliphatic carbocycles. The molecule has 8 nitrogen and oxygen atoms in total. The lowest BCUT2D eigenvalue weighted by atomic mass is 10.1. The van der Waals surface area contributed by atoms with E-state index in [0.717, 1.165) is 25.2 Å². The Hall–Kier alpha value is -3.62. The molecule has 3 aromatic heterocycles. The predicted octanol–water partition coefficient (Wildman–Crippen LogP) is 2.29. The van der Waals surface area contributed by atoms with Gasteiger partial charge in [0, 0.05) is 31.4 Å². The van der Waals surface area contributed by atoms with Crippen LogP contribution < -0.4 is 10.5 Å². The molecule has 1 saturated carbocycles. The van der Waals surface area contributed by atoms with Gasteiger partial charge in [-0.3, -0.25) is 9.78 Å². The van der Waals surface area contributed by atoms with Crippen LogP contribution in [-0.4, -0.2) is 38.0 Å². The van der Waals surface area contributed by atoms with Crippen LogP contribution in [-0.2, 0) is 13.0 Å². The average Bonchev–Trinajstić information content (AvgIpc) is 3.13. The Morgan fingerprint density at radius 1 is 1.16 bits per heavy atom. The van der Waals surface area contributed by atoms with Crippen molar-refractivity contribution in [2.24, 2.45) is 17.8 Å². The number of aromatic nitrogens is 5. The van der Waals surface area contributed by atoms with Crippen LogP contribution in [0.4, 0.5) is 10.1 Å². The molecule has 4 heterocycles. The molecule has 6 rings (SSSR count). The van der Waals surface area contributed by atoms with Gasteiger partial charge in [-0.15, -0.1) is 0 Å². The fourth-order valence-corrected chi connectivity index (χ4v) is 4.74. The molecule has 0 bridgehead atoms. The van der Waals surface area contributed by atoms with Crippen LogP contribution in [0.5, 0.6) is 0 Å². The predicted molar refractivity (Wildman–Crippen MR) is 110 cm³/mol. The van der Waals surface area contributed by atoms with Gasteiger partial charge in [0.2, 0.25) is 5.89 Å². The van der Waals surface area contributed by atoms with E-state index in [9.17, 15) is 9.18 Å². The second kappa shape index (κ2) is 6.97. The van der Waals surface area contributed by atoms with Crippen molar-refractivity contribution in [1.29, 1.82) is 0 Å². The number of nitrogens with zero attached hydrogens (tertiary/aromatic N) is 6. The van der Waals surface area contributed by atoms with Gasteiger partial charge in [-0.05, 0) is 48.1 Å². The van der Waals surface area contributed by atoms with Crippen LogP contribution in [0.15, 0.2) is 58.1 Å². The maximum absolute atomic E-state index is 13.5. The lowest BCUT2D eigenvalue weighted by Crippen LogP contribution is -2.24. The number of anilines is 1. The van der Waals surface area contributed by atoms with E-state index in [1.165, 1.54) is 10.7 Å². The highest BCUT2D eigenvalue weighted by Crippen LogP contribution is 2.53. The van der Waals surface area contributed by atoms with E-state index in [1.807, 2.05) is 6.07 Å². The number of benzene rings is 1. The molecule has 1 aromatic carbocycles. The zero-order valence-electron chi connectivity index (χ0n) is 16.6. The Labute approximate surface area is 176 Å². The minimum Gasteiger partial charge on any atom is -0.371 e. The van der Waals surface area contributed by atoms with Crippen molar-refractivity contribution in [3.05, 3.63) is 76.7 Å². The zero-order valence-corrected chi connectivity index (χ0v) is 16.6. The number of hydrogen-bond acceptors (Lipinski definition) is 7. The van der Waals surface area contributed by atoms with Crippen LogP contribution in [0.1, 0.15) is 11.7 Å². The summed E-state index contributed by atoms with van der Waals surface area (Å²) in [7, 11) is 0. The van der Waals surface area contributed by atoms with Crippen molar-refractivity contribution < 1.29 is 8.91 Å². The van der Waals surface area contributed by atoms with E-state index in [4.69, 9.17) is 4.52 Å². The van der Waals surface area contributed by atoms with Crippen molar-refractivity contribution in [3.8, 4) is 0 Å². The molecule has 0 spiro atoms. The molecule has 4 aromatic rings. The van der Waals surface area contributed by atoms with Crippen molar-refractivity contribution in [2.45, 2.75) is 13.0 Å². The normalized spacial score (nSPS) is 22.1. The largest absolute Gasteiger partial charge is 0.371 e. The summed E-state index contributed by atoms with van der Waals surface area (Å²) in [5, 5.41) is 8.76. The average molecular weight is 418 g/mol. The first-order valence-electron chi connectivity index (χ1n) is 10.3. The van der Waals surface area contributed by atoms with Gasteiger partial charge in [0.05, 0.1) is 17.1 Å². The van der Waals surface area contributed by atoms with E-state index >= 15 is 0 Å². The second-order valence-corrected chi connectivity index (χ2v) is 8.23. The summed E-state index contributed by atoms with van der Waals surface area (Å²) in [6, 6.07) is 10.2. The van der Waals surface area contributed by atoms with Crippen LogP contribution in [0, 0.1) is 23.6 Å². The van der Waals surface area contributed by atoms with E-state index in [2.05, 4.69) is 25.1 Å². The molecular weight excluding hydrogens is 399 g/mol. The first-order chi connectivity index (χ1) is 15.2. The SMILES string of the molecule is O=c1c2cccnc2cnn1Cc1nc(CC2[C@H]3CN(c4cccc(F)c4)C[C@@H]23)no1. The van der Waals surface area contributed by atoms with E-state index in [1.54, 1.807) is 36.7 Å². The summed E-state index contributed by atoms with van der Waals surface area (Å²) in [6.07, 6.45) is 3.94. The number of rotatable bonds is 5. The molecule has 2 aliphatic rings. The van der Waals surface area contributed by atoms with Crippen LogP contribution in [0.2, 0.25) is 0 Å². The summed E-state index contributed by atoms with van der Waals surface area (Å²) in [5.74, 6) is 2.47. The third-order valence-electron chi connectivity index (χ3n) is 6.38. The van der Waals surface area contributed by atoms with Crippen LogP contribution >= 0.6 is 0 Å². The zero-order chi connectivity index (χ0) is 20.9. The molecule has 9 heteroatoms. The molecule has 1 aliphatic heterocycles. The summed E-state index contributed by atoms with van der Waals surface area (Å²) >= 11 is 0. The van der Waals surface area contributed by atoms with Gasteiger partial charge in [0.15, 0.2) is 5.82 Å². The molecule has 0 amide bonds. The topological polar surface area (TPSA) is 89.9 Å². The number of pyridine rings is 1. The molecule has 1 unspecified atom stereocenters. The second-order valence-electron chi connectivity index (χ2n) is 8.23. The third-order valence-corrected chi connectivity index (χ3v) is 6.38. The first kappa shape index (κ1) is 18.2. The molecule has 1 saturated heterocycles. The number of piperidine rings is 1. The highest BCUT2D eigenvalue weighted by Gasteiger charge is 2.55. The Bertz CT molecular complexity index is 1320. The van der Waals surface area contributed by atoms with Gasteiger partial charge < -0.3 is 9.42 Å². The van der Waals surface area contributed by atoms with Crippen LogP contribution in [0.25, 0.3) is 10.9 Å². The van der Waals surface area contributed by atoms with Crippen molar-refractivity contribution in [2.75, 3.05) is 18.0 Å². The third kappa shape index (κ3) is 3.26. The molecular formula is C22H19FN6O2. The van der Waals surface area contributed by atoms with Crippen molar-refractivity contribution in [3.63, 3.8) is 0 Å². The summed E-state index contributed by atoms with van der Waals surface area (Å²) in [4.78, 5) is 23.4. The maximum Gasteiger partial charge on any atom is 0.276 e. The Morgan fingerprint density at radius 3 is 2.87 bits per heavy atom. The van der Waals surface area contributed by atoms with Gasteiger partial charge in [-0.2, -0.15) is 10.1 Å². The lowest BCUT2D eigenvalue weighted by molar-refractivity contribution is 0.357. The number of fused-ring (bicyclic) bond motifs is 2. The van der Waals surface area contributed by atoms with E-state index in [0.29, 0.717) is 40.4 Å². The standard InChI is InChI=1S/C22H19FN6O2/c23-13-3-1-4-14(7-13)28-10-17-16(18(17)11-28)8-20-26-21(31-27-20)12-29-22(30)15-5-2-6-24-19(15)9-25-29/h1-7,9,16-18H,8,10-12H2/t16?,17-,18+. The highest BCUT2D eigenvalue weighted by atomic mass is 19.1. The molecule has 3 atom stereocenters. The lowest BCUT2D eigenvalue weighted by Gasteiger charge is -2.21. The highest BCUT2D eigenvalue weighted by molar-refractivity contribution is 5.75. The van der Waals surface area contributed by atoms with Gasteiger partial charge in [-0.1, -0.05) is 11.2 Å². The molecule has 0 N–H and O–H groups in total. The molecule has 156 valence electrons. The minimum atomic E-state index is -0.237. The summed E-state index contributed by atoms with van der Waals surface area (Å²) < 4.78 is 20.1. The fraction of sp³-hybridized carbons (Fsp3) is 0.318. The molecule has 31 heavy (non-hydrogen) atoms. The monoisotopic (exact) mass is 418 g/mol. The van der Waals surface area contributed by atoms with Crippen molar-refractivity contribution >= 4 is 16.6 Å². The van der Waals surface area contributed by atoms with Gasteiger partial charge in [0.25, 0.3) is 5.56 Å². The molecule has 2 fully saturated rings. The fourth-order valence-electron chi connectivity index (χ4n) is 4.74. The van der Waals surface area contributed by atoms with E-state index in [-0.39, 0.29) is 17.9 Å². The molecule has 0 radical (unpaired) electrons. The minimum absolute atomic E-state index is 0.127. The van der Waals surface area contributed by atoms with Gasteiger partial charge in [-0.25, -0.2) is 9.07 Å². The Kier molecular flexibility index (Phi) is 4.09. The van der Waals surface area contributed by atoms with Crippen LogP contribution in [0.3, 0.4) is 0 Å². The van der Waals surface area contributed by atoms with Gasteiger partial charge >= 0.3 is 0 Å². The first-order valence-corrected chi connectivity index (χ1v) is 10.3.